The van der Waals surface area contributed by atoms with Crippen molar-refractivity contribution in [2.24, 2.45) is 0 Å². The summed E-state index contributed by atoms with van der Waals surface area (Å²) in [5.74, 6) is -1.73. The molecule has 5 heteroatoms. The summed E-state index contributed by atoms with van der Waals surface area (Å²) in [5, 5.41) is 20.3. The van der Waals surface area contributed by atoms with E-state index in [0.717, 1.165) is 24.3 Å². The molecule has 0 saturated carbocycles. The van der Waals surface area contributed by atoms with E-state index < -0.39 is 30.0 Å². The standard InChI is InChI=1S/C10H11NO4/c1-7(12)6-10(13)8-2-4-9(5-3-8)11(14)15/h2-5,10,13H,6H2,1H3/i1+2D3,6D2. The van der Waals surface area contributed by atoms with Gasteiger partial charge in [0.05, 0.1) is 11.0 Å². The Bertz CT molecular complexity index is 525. The molecule has 80 valence electrons. The summed E-state index contributed by atoms with van der Waals surface area (Å²) in [6.07, 6.45) is -5.06. The Labute approximate surface area is 93.5 Å². The first kappa shape index (κ1) is 5.97. The van der Waals surface area contributed by atoms with E-state index in [2.05, 4.69) is 0 Å². The molecular weight excluding hydrogens is 200 g/mol. The molecule has 0 bridgehead atoms. The van der Waals surface area contributed by atoms with Gasteiger partial charge in [-0.05, 0) is 24.5 Å². The van der Waals surface area contributed by atoms with Crippen LogP contribution < -0.4 is 0 Å². The lowest BCUT2D eigenvalue weighted by Gasteiger charge is -2.07. The van der Waals surface area contributed by atoms with Gasteiger partial charge in [-0.2, -0.15) is 0 Å². The largest absolute Gasteiger partial charge is 0.388 e. The van der Waals surface area contributed by atoms with Crippen molar-refractivity contribution in [3.05, 3.63) is 39.9 Å². The molecule has 0 heterocycles. The summed E-state index contributed by atoms with van der Waals surface area (Å²) in [6.45, 7) is -3.19. The lowest BCUT2D eigenvalue weighted by molar-refractivity contribution is -0.384. The fraction of sp³-hybridized carbons (Fsp3) is 0.300. The lowest BCUT2D eigenvalue weighted by Crippen LogP contribution is -2.03. The van der Waals surface area contributed by atoms with Gasteiger partial charge in [-0.3, -0.25) is 14.9 Å². The number of benzene rings is 1. The zero-order chi connectivity index (χ0) is 15.7. The molecule has 0 aromatic heterocycles. The molecule has 0 amide bonds. The summed E-state index contributed by atoms with van der Waals surface area (Å²) in [7, 11) is 0. The number of hydrogen-bond donors (Lipinski definition) is 1. The number of aliphatic hydroxyl groups excluding tert-OH is 1. The second kappa shape index (κ2) is 4.65. The van der Waals surface area contributed by atoms with Gasteiger partial charge in [-0.25, -0.2) is 0 Å². The third kappa shape index (κ3) is 3.14. The van der Waals surface area contributed by atoms with Crippen LogP contribution in [0, 0.1) is 10.1 Å². The minimum atomic E-state index is -3.19. The molecule has 1 aromatic rings. The van der Waals surface area contributed by atoms with Gasteiger partial charge in [0, 0.05) is 25.4 Å². The first-order chi connectivity index (χ1) is 8.98. The molecule has 0 aliphatic carbocycles. The number of carbonyl (C=O) groups excluding carboxylic acids is 1. The van der Waals surface area contributed by atoms with E-state index in [4.69, 9.17) is 6.85 Å². The molecule has 0 fully saturated rings. The Balaban J connectivity index is 3.07. The molecule has 0 radical (unpaired) electrons. The average Bonchev–Trinajstić information content (AvgIpc) is 2.35. The fourth-order valence-electron chi connectivity index (χ4n) is 0.986. The maximum absolute atomic E-state index is 11.5. The van der Waals surface area contributed by atoms with Crippen LogP contribution in [0.5, 0.6) is 0 Å². The maximum atomic E-state index is 11.5. The van der Waals surface area contributed by atoms with Crippen LogP contribution in [0.4, 0.5) is 5.69 Å². The topological polar surface area (TPSA) is 80.4 Å². The minimum Gasteiger partial charge on any atom is -0.388 e. The molecule has 15 heavy (non-hydrogen) atoms. The average molecular weight is 216 g/mol. The summed E-state index contributed by atoms with van der Waals surface area (Å²) >= 11 is 0. The second-order valence-corrected chi connectivity index (χ2v) is 2.72. The van der Waals surface area contributed by atoms with Gasteiger partial charge in [0.1, 0.15) is 5.78 Å². The van der Waals surface area contributed by atoms with E-state index >= 15 is 0 Å². The molecule has 1 rings (SSSR count). The van der Waals surface area contributed by atoms with Crippen LogP contribution in [-0.4, -0.2) is 15.8 Å². The normalized spacial score (nSPS) is 18.9. The summed E-state index contributed by atoms with van der Waals surface area (Å²) in [5.41, 5.74) is -0.401. The van der Waals surface area contributed by atoms with E-state index in [-0.39, 0.29) is 11.3 Å². The van der Waals surface area contributed by atoms with Gasteiger partial charge in [-0.1, -0.05) is 0 Å². The Kier molecular flexibility index (Phi) is 1.85. The number of ketones is 1. The molecule has 0 aliphatic rings. The van der Waals surface area contributed by atoms with E-state index in [1.165, 1.54) is 0 Å². The number of carbonyl (C=O) groups is 1. The highest BCUT2D eigenvalue weighted by Crippen LogP contribution is 2.20. The molecular formula is C10H11NO4. The predicted octanol–water partition coefficient (Wildman–Crippen LogP) is 1.61. The number of Topliss-reactive ketones (excluding diaryl/α,β-unsaturated/α-hetero) is 1. The van der Waals surface area contributed by atoms with Gasteiger partial charge in [0.25, 0.3) is 5.69 Å². The molecule has 0 saturated heterocycles. The number of rotatable bonds is 4. The van der Waals surface area contributed by atoms with Crippen LogP contribution in [0.25, 0.3) is 0 Å². The third-order valence-corrected chi connectivity index (χ3v) is 1.69. The number of nitro groups is 1. The zero-order valence-corrected chi connectivity index (χ0v) is 7.51. The Morgan fingerprint density at radius 1 is 1.67 bits per heavy atom. The van der Waals surface area contributed by atoms with E-state index in [0.29, 0.717) is 0 Å². The molecule has 1 aromatic carbocycles. The Morgan fingerprint density at radius 2 is 2.27 bits per heavy atom. The Morgan fingerprint density at radius 3 is 2.73 bits per heavy atom. The smallest absolute Gasteiger partial charge is 0.269 e. The van der Waals surface area contributed by atoms with E-state index in [9.17, 15) is 20.0 Å². The highest BCUT2D eigenvalue weighted by atomic mass is 16.6. The zero-order valence-electron chi connectivity index (χ0n) is 12.5. The summed E-state index contributed by atoms with van der Waals surface area (Å²) in [4.78, 5) is 21.2. The van der Waals surface area contributed by atoms with Crippen molar-refractivity contribution < 1.29 is 21.7 Å². The van der Waals surface area contributed by atoms with Crippen LogP contribution in [0.1, 0.15) is 31.7 Å². The Hall–Kier alpha value is -1.75. The van der Waals surface area contributed by atoms with Gasteiger partial charge in [0.2, 0.25) is 0 Å². The number of non-ortho nitro benzene ring substituents is 1. The third-order valence-electron chi connectivity index (χ3n) is 1.69. The van der Waals surface area contributed by atoms with Crippen molar-refractivity contribution in [3.63, 3.8) is 0 Å². The number of hydrogen-bond acceptors (Lipinski definition) is 4. The van der Waals surface area contributed by atoms with Crippen molar-refractivity contribution in [2.75, 3.05) is 0 Å². The van der Waals surface area contributed by atoms with Crippen molar-refractivity contribution >= 4 is 11.5 Å². The fourth-order valence-corrected chi connectivity index (χ4v) is 0.986. The van der Waals surface area contributed by atoms with Gasteiger partial charge >= 0.3 is 0 Å². The van der Waals surface area contributed by atoms with Crippen LogP contribution in [0.3, 0.4) is 0 Å². The highest BCUT2D eigenvalue weighted by molar-refractivity contribution is 5.76. The summed E-state index contributed by atoms with van der Waals surface area (Å²) in [6, 6.07) is 4.17. The molecule has 0 spiro atoms. The monoisotopic (exact) mass is 216 g/mol. The van der Waals surface area contributed by atoms with E-state index in [1.54, 1.807) is 0 Å². The van der Waals surface area contributed by atoms with Crippen molar-refractivity contribution in [1.29, 1.82) is 0 Å². The predicted molar refractivity (Wildman–Crippen MR) is 53.4 cm³/mol. The SMILES string of the molecule is [2H]C([2H])(C(=O)[14C]([2H])([2H])[2H])C(O)c1ccc([N+](=O)[O-])cc1. The second-order valence-electron chi connectivity index (χ2n) is 2.72. The first-order valence-electron chi connectivity index (χ1n) is 6.45. The van der Waals surface area contributed by atoms with Gasteiger partial charge < -0.3 is 5.11 Å². The highest BCUT2D eigenvalue weighted by Gasteiger charge is 2.11. The maximum Gasteiger partial charge on any atom is 0.269 e. The molecule has 1 N–H and O–H groups in total. The van der Waals surface area contributed by atoms with Crippen LogP contribution in [0.15, 0.2) is 24.3 Å². The van der Waals surface area contributed by atoms with Crippen molar-refractivity contribution in [1.82, 2.24) is 0 Å². The van der Waals surface area contributed by atoms with Crippen LogP contribution >= 0.6 is 0 Å². The number of nitrogens with zero attached hydrogens (tertiary/aromatic N) is 1. The molecule has 1 atom stereocenters. The number of aliphatic hydroxyl groups is 1. The van der Waals surface area contributed by atoms with Crippen molar-refractivity contribution in [2.45, 2.75) is 19.3 Å². The molecule has 0 aliphatic heterocycles. The molecule has 5 nitrogen and oxygen atoms in total. The lowest BCUT2D eigenvalue weighted by atomic mass is 10.1. The molecule has 1 unspecified atom stereocenters. The number of nitro benzene ring substituents is 1. The van der Waals surface area contributed by atoms with Crippen LogP contribution in [0.2, 0.25) is 0 Å². The summed E-state index contributed by atoms with van der Waals surface area (Å²) < 4.78 is 35.5. The minimum absolute atomic E-state index is 0.127. The van der Waals surface area contributed by atoms with Gasteiger partial charge in [0.15, 0.2) is 0 Å². The van der Waals surface area contributed by atoms with Crippen LogP contribution in [-0.2, 0) is 4.79 Å². The van der Waals surface area contributed by atoms with E-state index in [1.807, 2.05) is 0 Å². The van der Waals surface area contributed by atoms with Crippen molar-refractivity contribution in [3.8, 4) is 0 Å². The quantitative estimate of drug-likeness (QED) is 0.612. The van der Waals surface area contributed by atoms with Gasteiger partial charge in [-0.15, -0.1) is 0 Å². The first-order valence-corrected chi connectivity index (χ1v) is 3.95.